The number of hydrogen-bond donors (Lipinski definition) is 1. The first kappa shape index (κ1) is 17.5. The summed E-state index contributed by atoms with van der Waals surface area (Å²) in [5.74, 6) is -1.56. The average Bonchev–Trinajstić information content (AvgIpc) is 2.81. The molecule has 1 aliphatic rings. The molecule has 2 heterocycles. The number of halogens is 2. The number of rotatable bonds is 4. The van der Waals surface area contributed by atoms with Crippen LogP contribution in [0.2, 0.25) is 10.0 Å². The minimum Gasteiger partial charge on any atom is -0.503 e. The predicted molar refractivity (Wildman–Crippen MR) is 94.3 cm³/mol. The highest BCUT2D eigenvalue weighted by Gasteiger charge is 2.43. The van der Waals surface area contributed by atoms with Gasteiger partial charge in [-0.2, -0.15) is 0 Å². The number of nitrogens with zero attached hydrogens (tertiary/aromatic N) is 2. The van der Waals surface area contributed by atoms with Crippen molar-refractivity contribution in [2.24, 2.45) is 0 Å². The number of Topliss-reactive ketones (excluding diaryl/α,β-unsaturated/α-hetero) is 1. The molecule has 0 bridgehead atoms. The van der Waals surface area contributed by atoms with Crippen molar-refractivity contribution >= 4 is 34.9 Å². The molecule has 0 radical (unpaired) electrons. The third-order valence-corrected chi connectivity index (χ3v) is 4.58. The molecule has 1 atom stereocenters. The summed E-state index contributed by atoms with van der Waals surface area (Å²) in [6, 6.07) is 7.60. The Balaban J connectivity index is 2.10. The first-order valence-corrected chi connectivity index (χ1v) is 8.24. The average molecular weight is 377 g/mol. The lowest BCUT2D eigenvalue weighted by Crippen LogP contribution is -2.30. The second kappa shape index (κ2) is 6.86. The molecule has 0 spiro atoms. The minimum absolute atomic E-state index is 0.0260. The van der Waals surface area contributed by atoms with E-state index < -0.39 is 23.5 Å². The van der Waals surface area contributed by atoms with Gasteiger partial charge in [-0.1, -0.05) is 35.3 Å². The Kier molecular flexibility index (Phi) is 4.79. The Hall–Kier alpha value is -2.37. The highest BCUT2D eigenvalue weighted by molar-refractivity contribution is 6.35. The van der Waals surface area contributed by atoms with Crippen LogP contribution in [0.5, 0.6) is 0 Å². The number of carbonyl (C=O) groups is 2. The van der Waals surface area contributed by atoms with E-state index in [1.54, 1.807) is 30.6 Å². The van der Waals surface area contributed by atoms with Gasteiger partial charge in [0, 0.05) is 29.0 Å². The fourth-order valence-corrected chi connectivity index (χ4v) is 3.42. The Labute approximate surface area is 154 Å². The van der Waals surface area contributed by atoms with Gasteiger partial charge >= 0.3 is 0 Å². The molecule has 128 valence electrons. The van der Waals surface area contributed by atoms with E-state index in [4.69, 9.17) is 23.2 Å². The summed E-state index contributed by atoms with van der Waals surface area (Å²) in [5, 5.41) is 11.0. The van der Waals surface area contributed by atoms with Gasteiger partial charge in [0.1, 0.15) is 0 Å². The van der Waals surface area contributed by atoms with Crippen LogP contribution in [-0.4, -0.2) is 26.7 Å². The second-order valence-electron chi connectivity index (χ2n) is 5.68. The number of ketones is 1. The van der Waals surface area contributed by atoms with Gasteiger partial charge in [0.05, 0.1) is 11.6 Å². The first-order chi connectivity index (χ1) is 11.9. The molecule has 2 aromatic rings. The molecule has 1 aliphatic heterocycles. The van der Waals surface area contributed by atoms with Crippen LogP contribution < -0.4 is 0 Å². The smallest absolute Gasteiger partial charge is 0.290 e. The van der Waals surface area contributed by atoms with E-state index in [2.05, 4.69) is 4.98 Å². The molecule has 1 N–H and O–H groups in total. The number of aliphatic hydroxyl groups is 1. The third kappa shape index (κ3) is 3.25. The van der Waals surface area contributed by atoms with E-state index in [0.717, 1.165) is 5.56 Å². The lowest BCUT2D eigenvalue weighted by atomic mass is 9.96. The number of aliphatic hydroxyl groups excluding tert-OH is 1. The lowest BCUT2D eigenvalue weighted by molar-refractivity contribution is -0.130. The number of amides is 1. The van der Waals surface area contributed by atoms with Crippen LogP contribution in [0.15, 0.2) is 54.1 Å². The summed E-state index contributed by atoms with van der Waals surface area (Å²) in [6.07, 6.45) is 3.25. The van der Waals surface area contributed by atoms with Gasteiger partial charge < -0.3 is 10.0 Å². The van der Waals surface area contributed by atoms with Crippen LogP contribution in [0.1, 0.15) is 24.1 Å². The summed E-state index contributed by atoms with van der Waals surface area (Å²) >= 11 is 12.2. The zero-order chi connectivity index (χ0) is 18.1. The predicted octanol–water partition coefficient (Wildman–Crippen LogP) is 3.87. The zero-order valence-corrected chi connectivity index (χ0v) is 14.8. The van der Waals surface area contributed by atoms with Gasteiger partial charge in [-0.15, -0.1) is 0 Å². The van der Waals surface area contributed by atoms with Crippen LogP contribution >= 0.6 is 23.2 Å². The highest BCUT2D eigenvalue weighted by atomic mass is 35.5. The number of pyridine rings is 1. The van der Waals surface area contributed by atoms with E-state index in [-0.39, 0.29) is 12.1 Å². The zero-order valence-electron chi connectivity index (χ0n) is 13.2. The van der Waals surface area contributed by atoms with Gasteiger partial charge in [0.15, 0.2) is 11.5 Å². The van der Waals surface area contributed by atoms with E-state index >= 15 is 0 Å². The van der Waals surface area contributed by atoms with Gasteiger partial charge in [-0.25, -0.2) is 0 Å². The Morgan fingerprint density at radius 3 is 2.68 bits per heavy atom. The van der Waals surface area contributed by atoms with Crippen molar-refractivity contribution in [3.8, 4) is 0 Å². The number of carbonyl (C=O) groups excluding carboxylic acids is 2. The maximum atomic E-state index is 12.6. The van der Waals surface area contributed by atoms with Crippen molar-refractivity contribution in [3.63, 3.8) is 0 Å². The molecular weight excluding hydrogens is 363 g/mol. The third-order valence-electron chi connectivity index (χ3n) is 4.02. The van der Waals surface area contributed by atoms with E-state index in [1.165, 1.54) is 17.9 Å². The van der Waals surface area contributed by atoms with Crippen LogP contribution in [0, 0.1) is 0 Å². The van der Waals surface area contributed by atoms with Crippen LogP contribution in [0.25, 0.3) is 0 Å². The monoisotopic (exact) mass is 376 g/mol. The molecule has 0 aliphatic carbocycles. The van der Waals surface area contributed by atoms with Crippen molar-refractivity contribution < 1.29 is 14.7 Å². The standard InChI is InChI=1S/C18H14Cl2N2O3/c1-10(23)15-16(13-5-4-12(19)7-14(13)20)22(18(25)17(15)24)9-11-3-2-6-21-8-11/h2-8,16,24H,9H2,1H3/t16-/m0/s1. The first-order valence-electron chi connectivity index (χ1n) is 7.49. The molecule has 5 nitrogen and oxygen atoms in total. The second-order valence-corrected chi connectivity index (χ2v) is 6.52. The molecule has 0 saturated carbocycles. The van der Waals surface area contributed by atoms with E-state index in [1.807, 2.05) is 6.07 Å². The molecule has 25 heavy (non-hydrogen) atoms. The molecule has 3 rings (SSSR count). The van der Waals surface area contributed by atoms with Crippen LogP contribution in [0.4, 0.5) is 0 Å². The summed E-state index contributed by atoms with van der Waals surface area (Å²) < 4.78 is 0. The number of benzene rings is 1. The minimum atomic E-state index is -0.782. The van der Waals surface area contributed by atoms with E-state index in [0.29, 0.717) is 15.6 Å². The topological polar surface area (TPSA) is 70.5 Å². The Morgan fingerprint density at radius 2 is 2.08 bits per heavy atom. The van der Waals surface area contributed by atoms with Crippen LogP contribution in [-0.2, 0) is 16.1 Å². The van der Waals surface area contributed by atoms with Crippen molar-refractivity contribution in [3.05, 3.63) is 75.2 Å². The highest BCUT2D eigenvalue weighted by Crippen LogP contribution is 2.41. The molecular formula is C18H14Cl2N2O3. The van der Waals surface area contributed by atoms with Gasteiger partial charge in [-0.05, 0) is 36.2 Å². The largest absolute Gasteiger partial charge is 0.503 e. The fraction of sp³-hybridized carbons (Fsp3) is 0.167. The van der Waals surface area contributed by atoms with Crippen molar-refractivity contribution in [2.75, 3.05) is 0 Å². The van der Waals surface area contributed by atoms with Crippen LogP contribution in [0.3, 0.4) is 0 Å². The quantitative estimate of drug-likeness (QED) is 0.878. The van der Waals surface area contributed by atoms with Gasteiger partial charge in [0.2, 0.25) is 0 Å². The summed E-state index contributed by atoms with van der Waals surface area (Å²) in [5.41, 5.74) is 1.32. The number of aromatic nitrogens is 1. The molecule has 0 unspecified atom stereocenters. The van der Waals surface area contributed by atoms with Crippen molar-refractivity contribution in [1.82, 2.24) is 9.88 Å². The lowest BCUT2D eigenvalue weighted by Gasteiger charge is -2.27. The molecule has 1 amide bonds. The maximum absolute atomic E-state index is 12.6. The SMILES string of the molecule is CC(=O)C1=C(O)C(=O)N(Cc2cccnc2)[C@H]1c1ccc(Cl)cc1Cl. The summed E-state index contributed by atoms with van der Waals surface area (Å²) in [7, 11) is 0. The molecule has 0 saturated heterocycles. The number of hydrogen-bond acceptors (Lipinski definition) is 4. The molecule has 1 aromatic carbocycles. The molecule has 7 heteroatoms. The van der Waals surface area contributed by atoms with Gasteiger partial charge in [0.25, 0.3) is 5.91 Å². The summed E-state index contributed by atoms with van der Waals surface area (Å²) in [6.45, 7) is 1.49. The van der Waals surface area contributed by atoms with E-state index in [9.17, 15) is 14.7 Å². The van der Waals surface area contributed by atoms with Crippen molar-refractivity contribution in [2.45, 2.75) is 19.5 Å². The van der Waals surface area contributed by atoms with Gasteiger partial charge in [-0.3, -0.25) is 14.6 Å². The van der Waals surface area contributed by atoms with Crippen molar-refractivity contribution in [1.29, 1.82) is 0 Å². The normalized spacial score (nSPS) is 17.3. The fourth-order valence-electron chi connectivity index (χ4n) is 2.91. The summed E-state index contributed by atoms with van der Waals surface area (Å²) in [4.78, 5) is 30.1. The molecule has 1 aromatic heterocycles. The Morgan fingerprint density at radius 1 is 1.32 bits per heavy atom. The molecule has 0 fully saturated rings. The maximum Gasteiger partial charge on any atom is 0.290 e. The Bertz CT molecular complexity index is 881.